The molecule has 0 aliphatic carbocycles. The summed E-state index contributed by atoms with van der Waals surface area (Å²) in [6.45, 7) is 0. The van der Waals surface area contributed by atoms with E-state index in [1.807, 2.05) is 11.3 Å². The molecule has 3 heteroatoms. The molecule has 0 saturated carbocycles. The van der Waals surface area contributed by atoms with Gasteiger partial charge in [-0.25, -0.2) is 0 Å². The predicted molar refractivity (Wildman–Crippen MR) is 210 cm³/mol. The van der Waals surface area contributed by atoms with Crippen molar-refractivity contribution in [3.05, 3.63) is 176 Å². The molecule has 0 fully saturated rings. The summed E-state index contributed by atoms with van der Waals surface area (Å²) in [5.74, 6) is 0. The van der Waals surface area contributed by atoms with E-state index >= 15 is 0 Å². The molecule has 10 rings (SSSR count). The monoisotopic (exact) mass is 643 g/mol. The Kier molecular flexibility index (Phi) is 6.39. The Morgan fingerprint density at radius 3 is 1.90 bits per heavy atom. The zero-order valence-corrected chi connectivity index (χ0v) is 27.3. The van der Waals surface area contributed by atoms with E-state index in [0.717, 1.165) is 55.5 Å². The molecule has 49 heavy (non-hydrogen) atoms. The molecule has 0 radical (unpaired) electrons. The summed E-state index contributed by atoms with van der Waals surface area (Å²) in [6.07, 6.45) is 0. The molecule has 230 valence electrons. The second-order valence-electron chi connectivity index (χ2n) is 12.5. The molecular formula is C46H29NOS. The van der Waals surface area contributed by atoms with E-state index in [1.54, 1.807) is 0 Å². The fraction of sp³-hybridized carbons (Fsp3) is 0. The highest BCUT2D eigenvalue weighted by Gasteiger charge is 2.23. The molecule has 10 aromatic rings. The number of rotatable bonds is 5. The maximum absolute atomic E-state index is 6.51. The van der Waals surface area contributed by atoms with Crippen molar-refractivity contribution < 1.29 is 4.42 Å². The van der Waals surface area contributed by atoms with Gasteiger partial charge < -0.3 is 9.32 Å². The van der Waals surface area contributed by atoms with Crippen LogP contribution in [-0.2, 0) is 0 Å². The minimum Gasteiger partial charge on any atom is -0.455 e. The molecule has 8 aromatic carbocycles. The summed E-state index contributed by atoms with van der Waals surface area (Å²) in [5.41, 5.74) is 9.91. The molecule has 2 heterocycles. The van der Waals surface area contributed by atoms with Crippen molar-refractivity contribution in [2.24, 2.45) is 0 Å². The molecule has 0 atom stereocenters. The quantitative estimate of drug-likeness (QED) is 0.186. The number of nitrogens with zero attached hydrogens (tertiary/aromatic N) is 1. The first-order chi connectivity index (χ1) is 24.3. The Morgan fingerprint density at radius 1 is 0.408 bits per heavy atom. The summed E-state index contributed by atoms with van der Waals surface area (Å²) in [5, 5.41) is 7.14. The zero-order valence-electron chi connectivity index (χ0n) is 26.5. The van der Waals surface area contributed by atoms with E-state index in [4.69, 9.17) is 4.42 Å². The van der Waals surface area contributed by atoms with Gasteiger partial charge in [0.25, 0.3) is 0 Å². The van der Waals surface area contributed by atoms with Crippen molar-refractivity contribution in [3.63, 3.8) is 0 Å². The first-order valence-electron chi connectivity index (χ1n) is 16.6. The van der Waals surface area contributed by atoms with Crippen LogP contribution < -0.4 is 4.90 Å². The van der Waals surface area contributed by atoms with Gasteiger partial charge in [-0.15, -0.1) is 11.3 Å². The number of para-hydroxylation sites is 2. The van der Waals surface area contributed by atoms with Gasteiger partial charge in [0.05, 0.1) is 21.8 Å². The van der Waals surface area contributed by atoms with Crippen LogP contribution in [0.15, 0.2) is 180 Å². The third kappa shape index (κ3) is 4.47. The van der Waals surface area contributed by atoms with Crippen LogP contribution in [0.25, 0.3) is 75.1 Å². The third-order valence-corrected chi connectivity index (χ3v) is 10.9. The van der Waals surface area contributed by atoms with Crippen LogP contribution in [0.3, 0.4) is 0 Å². The molecule has 0 amide bonds. The van der Waals surface area contributed by atoms with E-state index in [1.165, 1.54) is 36.7 Å². The van der Waals surface area contributed by atoms with Crippen molar-refractivity contribution in [1.82, 2.24) is 0 Å². The van der Waals surface area contributed by atoms with Crippen LogP contribution in [0.2, 0.25) is 0 Å². The summed E-state index contributed by atoms with van der Waals surface area (Å²) in [6, 6.07) is 63.2. The normalized spacial score (nSPS) is 11.7. The fourth-order valence-electron chi connectivity index (χ4n) is 7.41. The van der Waals surface area contributed by atoms with Gasteiger partial charge in [0.2, 0.25) is 0 Å². The van der Waals surface area contributed by atoms with Crippen LogP contribution in [0.4, 0.5) is 17.1 Å². The van der Waals surface area contributed by atoms with E-state index in [0.29, 0.717) is 0 Å². The van der Waals surface area contributed by atoms with Gasteiger partial charge in [0, 0.05) is 42.8 Å². The van der Waals surface area contributed by atoms with Gasteiger partial charge in [-0.1, -0.05) is 133 Å². The van der Waals surface area contributed by atoms with Gasteiger partial charge in [-0.3, -0.25) is 0 Å². The number of furan rings is 1. The van der Waals surface area contributed by atoms with Crippen LogP contribution in [0.5, 0.6) is 0 Å². The number of hydrogen-bond acceptors (Lipinski definition) is 3. The lowest BCUT2D eigenvalue weighted by molar-refractivity contribution is 0.672. The molecule has 2 nitrogen and oxygen atoms in total. The van der Waals surface area contributed by atoms with Crippen molar-refractivity contribution in [2.45, 2.75) is 0 Å². The summed E-state index contributed by atoms with van der Waals surface area (Å²) >= 11 is 1.86. The lowest BCUT2D eigenvalue weighted by Crippen LogP contribution is -2.12. The lowest BCUT2D eigenvalue weighted by atomic mass is 9.97. The first kappa shape index (κ1) is 27.9. The van der Waals surface area contributed by atoms with Crippen molar-refractivity contribution in [1.29, 1.82) is 0 Å². The number of hydrogen-bond donors (Lipinski definition) is 0. The predicted octanol–water partition coefficient (Wildman–Crippen LogP) is 13.9. The molecule has 0 aliphatic rings. The molecule has 0 unspecified atom stereocenters. The Hall–Kier alpha value is -6.16. The minimum atomic E-state index is 0.897. The van der Waals surface area contributed by atoms with Crippen LogP contribution in [0, 0.1) is 0 Å². The van der Waals surface area contributed by atoms with Crippen LogP contribution in [0.1, 0.15) is 0 Å². The Morgan fingerprint density at radius 2 is 1.06 bits per heavy atom. The molecule has 0 spiro atoms. The average Bonchev–Trinajstić information content (AvgIpc) is 3.75. The summed E-state index contributed by atoms with van der Waals surface area (Å²) in [4.78, 5) is 2.47. The van der Waals surface area contributed by atoms with Gasteiger partial charge >= 0.3 is 0 Å². The van der Waals surface area contributed by atoms with Gasteiger partial charge in [-0.05, 0) is 59.0 Å². The van der Waals surface area contributed by atoms with Gasteiger partial charge in [0.1, 0.15) is 11.2 Å². The van der Waals surface area contributed by atoms with E-state index < -0.39 is 0 Å². The highest BCUT2D eigenvalue weighted by molar-refractivity contribution is 7.26. The smallest absolute Gasteiger partial charge is 0.143 e. The molecule has 0 saturated heterocycles. The molecule has 2 aromatic heterocycles. The molecule has 0 aliphatic heterocycles. The Labute approximate surface area is 287 Å². The molecular weight excluding hydrogens is 615 g/mol. The number of benzene rings is 8. The highest BCUT2D eigenvalue weighted by atomic mass is 32.1. The first-order valence-corrected chi connectivity index (χ1v) is 17.4. The maximum atomic E-state index is 6.51. The van der Waals surface area contributed by atoms with E-state index in [2.05, 4.69) is 181 Å². The second-order valence-corrected chi connectivity index (χ2v) is 13.5. The van der Waals surface area contributed by atoms with Gasteiger partial charge in [0.15, 0.2) is 0 Å². The summed E-state index contributed by atoms with van der Waals surface area (Å²) in [7, 11) is 0. The van der Waals surface area contributed by atoms with Crippen LogP contribution in [-0.4, -0.2) is 0 Å². The maximum Gasteiger partial charge on any atom is 0.143 e. The summed E-state index contributed by atoms with van der Waals surface area (Å²) < 4.78 is 9.06. The number of thiophene rings is 1. The highest BCUT2D eigenvalue weighted by Crippen LogP contribution is 2.49. The topological polar surface area (TPSA) is 16.4 Å². The third-order valence-electron chi connectivity index (χ3n) is 9.67. The van der Waals surface area contributed by atoms with Crippen molar-refractivity contribution in [2.75, 3.05) is 4.90 Å². The SMILES string of the molecule is c1ccc(-c2ccccc2N(c2ccccc2-c2ccc3oc4c5ccccc5ccc4c3c2)c2cccc3c2sc2ccccc23)cc1. The second kappa shape index (κ2) is 11.2. The van der Waals surface area contributed by atoms with Crippen LogP contribution >= 0.6 is 11.3 Å². The molecule has 0 bridgehead atoms. The minimum absolute atomic E-state index is 0.897. The number of fused-ring (bicyclic) bond motifs is 8. The van der Waals surface area contributed by atoms with Crippen molar-refractivity contribution >= 4 is 81.3 Å². The standard InChI is InChI=1S/C46H29NOS/c1-2-13-30(14-3-1)33-16-6-9-21-40(33)47(42-23-12-20-38-36-19-8-11-24-44(36)49-46(38)42)41-22-10-7-17-34(41)32-26-28-43-39(29-32)37-27-25-31-15-4-5-18-35(31)45(37)48-43/h1-29H. The fourth-order valence-corrected chi connectivity index (χ4v) is 8.62. The molecule has 0 N–H and O–H groups in total. The number of anilines is 3. The zero-order chi connectivity index (χ0) is 32.3. The average molecular weight is 644 g/mol. The van der Waals surface area contributed by atoms with E-state index in [9.17, 15) is 0 Å². The Balaban J connectivity index is 1.24. The van der Waals surface area contributed by atoms with E-state index in [-0.39, 0.29) is 0 Å². The van der Waals surface area contributed by atoms with Gasteiger partial charge in [-0.2, -0.15) is 0 Å². The van der Waals surface area contributed by atoms with Crippen molar-refractivity contribution in [3.8, 4) is 22.3 Å². The lowest BCUT2D eigenvalue weighted by Gasteiger charge is -2.30. The Bertz CT molecular complexity index is 2840. The largest absolute Gasteiger partial charge is 0.455 e.